The van der Waals surface area contributed by atoms with Gasteiger partial charge in [0.05, 0.1) is 4.47 Å². The van der Waals surface area contributed by atoms with E-state index < -0.39 is 11.6 Å². The highest BCUT2D eigenvalue weighted by Crippen LogP contribution is 2.59. The zero-order chi connectivity index (χ0) is 13.6. The predicted octanol–water partition coefficient (Wildman–Crippen LogP) is 3.15. The van der Waals surface area contributed by atoms with Crippen LogP contribution in [0.3, 0.4) is 0 Å². The smallest absolute Gasteiger partial charge is 0.143 e. The third kappa shape index (κ3) is 2.32. The Morgan fingerprint density at radius 1 is 1.32 bits per heavy atom. The first-order valence-electron chi connectivity index (χ1n) is 6.72. The lowest BCUT2D eigenvalue weighted by Gasteiger charge is -2.19. The summed E-state index contributed by atoms with van der Waals surface area (Å²) in [5.41, 5.74) is 2.89. The Labute approximate surface area is 119 Å². The maximum Gasteiger partial charge on any atom is 0.143 e. The van der Waals surface area contributed by atoms with Crippen molar-refractivity contribution in [2.45, 2.75) is 31.7 Å². The summed E-state index contributed by atoms with van der Waals surface area (Å²) in [4.78, 5) is 0. The number of rotatable bonds is 4. The van der Waals surface area contributed by atoms with Crippen LogP contribution in [0.2, 0.25) is 0 Å². The van der Waals surface area contributed by atoms with Crippen molar-refractivity contribution < 1.29 is 8.78 Å². The lowest BCUT2D eigenvalue weighted by Crippen LogP contribution is -2.40. The van der Waals surface area contributed by atoms with Crippen molar-refractivity contribution in [3.8, 4) is 0 Å². The van der Waals surface area contributed by atoms with Gasteiger partial charge in [-0.05, 0) is 65.1 Å². The topological polar surface area (TPSA) is 38.0 Å². The number of nitrogens with one attached hydrogen (secondary N) is 1. The molecule has 2 fully saturated rings. The van der Waals surface area contributed by atoms with E-state index in [4.69, 9.17) is 5.84 Å². The maximum atomic E-state index is 14.0. The number of benzene rings is 1. The minimum Gasteiger partial charge on any atom is -0.271 e. The van der Waals surface area contributed by atoms with E-state index in [1.807, 2.05) is 0 Å². The van der Waals surface area contributed by atoms with Crippen LogP contribution in [0.1, 0.15) is 24.8 Å². The summed E-state index contributed by atoms with van der Waals surface area (Å²) in [6, 6.07) is 2.66. The molecule has 104 valence electrons. The number of nitrogens with two attached hydrogens (primary N) is 1. The summed E-state index contributed by atoms with van der Waals surface area (Å²) in [5, 5.41) is 0. The fourth-order valence-electron chi connectivity index (χ4n) is 3.76. The van der Waals surface area contributed by atoms with Gasteiger partial charge in [-0.1, -0.05) is 6.42 Å². The van der Waals surface area contributed by atoms with Crippen LogP contribution in [0.5, 0.6) is 0 Å². The van der Waals surface area contributed by atoms with Gasteiger partial charge in [0.2, 0.25) is 0 Å². The third-order valence-corrected chi connectivity index (χ3v) is 5.33. The maximum absolute atomic E-state index is 14.0. The fourth-order valence-corrected chi connectivity index (χ4v) is 4.13. The molecule has 0 radical (unpaired) electrons. The van der Waals surface area contributed by atoms with E-state index in [2.05, 4.69) is 21.4 Å². The highest BCUT2D eigenvalue weighted by Gasteiger charge is 2.55. The molecule has 3 rings (SSSR count). The number of hydrazine groups is 1. The van der Waals surface area contributed by atoms with Crippen LogP contribution < -0.4 is 11.3 Å². The second-order valence-electron chi connectivity index (χ2n) is 5.63. The second kappa shape index (κ2) is 5.11. The number of halogens is 3. The standard InChI is InChI=1S/C14H17BrF2N2/c15-10-4-5-11(16)9(14(10)17)6-12(19-18)13-7-2-1-3-8(7)13/h4-5,7-8,12-13,19H,1-3,6,18H2. The van der Waals surface area contributed by atoms with E-state index in [1.54, 1.807) is 0 Å². The average Bonchev–Trinajstić information content (AvgIpc) is 2.87. The summed E-state index contributed by atoms with van der Waals surface area (Å²) in [6.07, 6.45) is 4.06. The van der Waals surface area contributed by atoms with Gasteiger partial charge < -0.3 is 0 Å². The molecule has 3 unspecified atom stereocenters. The van der Waals surface area contributed by atoms with E-state index in [9.17, 15) is 8.78 Å². The Balaban J connectivity index is 1.78. The monoisotopic (exact) mass is 330 g/mol. The normalized spacial score (nSPS) is 30.2. The van der Waals surface area contributed by atoms with Gasteiger partial charge in [0.25, 0.3) is 0 Å². The largest absolute Gasteiger partial charge is 0.271 e. The van der Waals surface area contributed by atoms with Gasteiger partial charge in [-0.25, -0.2) is 8.78 Å². The molecule has 2 aliphatic rings. The molecule has 0 spiro atoms. The first kappa shape index (κ1) is 13.5. The summed E-state index contributed by atoms with van der Waals surface area (Å²) in [7, 11) is 0. The molecule has 0 aliphatic heterocycles. The fraction of sp³-hybridized carbons (Fsp3) is 0.571. The van der Waals surface area contributed by atoms with Crippen LogP contribution in [-0.4, -0.2) is 6.04 Å². The lowest BCUT2D eigenvalue weighted by atomic mass is 9.97. The Bertz CT molecular complexity index is 485. The van der Waals surface area contributed by atoms with E-state index in [0.717, 1.165) is 0 Å². The number of fused-ring (bicyclic) bond motifs is 1. The third-order valence-electron chi connectivity index (χ3n) is 4.71. The molecule has 0 bridgehead atoms. The van der Waals surface area contributed by atoms with Crippen molar-refractivity contribution in [3.63, 3.8) is 0 Å². The minimum absolute atomic E-state index is 0.0337. The average molecular weight is 331 g/mol. The molecule has 1 aromatic rings. The summed E-state index contributed by atoms with van der Waals surface area (Å²) >= 11 is 3.10. The second-order valence-corrected chi connectivity index (χ2v) is 6.49. The molecule has 2 aliphatic carbocycles. The van der Waals surface area contributed by atoms with Crippen LogP contribution in [0.25, 0.3) is 0 Å². The van der Waals surface area contributed by atoms with E-state index in [0.29, 0.717) is 28.6 Å². The van der Waals surface area contributed by atoms with Gasteiger partial charge in [-0.15, -0.1) is 0 Å². The molecule has 3 N–H and O–H groups in total. The number of hydrogen-bond acceptors (Lipinski definition) is 2. The van der Waals surface area contributed by atoms with Crippen molar-refractivity contribution in [2.24, 2.45) is 23.6 Å². The van der Waals surface area contributed by atoms with E-state index in [-0.39, 0.29) is 11.6 Å². The van der Waals surface area contributed by atoms with Crippen molar-refractivity contribution in [1.29, 1.82) is 0 Å². The van der Waals surface area contributed by atoms with Crippen molar-refractivity contribution in [2.75, 3.05) is 0 Å². The first-order valence-corrected chi connectivity index (χ1v) is 7.51. The van der Waals surface area contributed by atoms with Crippen molar-refractivity contribution in [1.82, 2.24) is 5.43 Å². The lowest BCUT2D eigenvalue weighted by molar-refractivity contribution is 0.398. The highest BCUT2D eigenvalue weighted by atomic mass is 79.9. The molecule has 3 atom stereocenters. The van der Waals surface area contributed by atoms with Crippen LogP contribution in [-0.2, 0) is 6.42 Å². The van der Waals surface area contributed by atoms with Gasteiger partial charge in [-0.2, -0.15) is 0 Å². The van der Waals surface area contributed by atoms with Crippen molar-refractivity contribution >= 4 is 15.9 Å². The Morgan fingerprint density at radius 3 is 2.63 bits per heavy atom. The van der Waals surface area contributed by atoms with Crippen LogP contribution in [0.15, 0.2) is 16.6 Å². The van der Waals surface area contributed by atoms with Crippen LogP contribution >= 0.6 is 15.9 Å². The molecular weight excluding hydrogens is 314 g/mol. The SMILES string of the molecule is NNC(Cc1c(F)ccc(Br)c1F)C1C2CCCC21. The van der Waals surface area contributed by atoms with Gasteiger partial charge in [0.15, 0.2) is 0 Å². The molecule has 0 amide bonds. The van der Waals surface area contributed by atoms with Gasteiger partial charge in [0.1, 0.15) is 11.6 Å². The molecule has 19 heavy (non-hydrogen) atoms. The molecule has 1 aromatic carbocycles. The summed E-state index contributed by atoms with van der Waals surface area (Å²) < 4.78 is 28.1. The molecule has 0 aromatic heterocycles. The Morgan fingerprint density at radius 2 is 2.00 bits per heavy atom. The predicted molar refractivity (Wildman–Crippen MR) is 73.2 cm³/mol. The van der Waals surface area contributed by atoms with E-state index >= 15 is 0 Å². The van der Waals surface area contributed by atoms with Gasteiger partial charge >= 0.3 is 0 Å². The quantitative estimate of drug-likeness (QED) is 0.505. The Hall–Kier alpha value is -0.520. The van der Waals surface area contributed by atoms with Gasteiger partial charge in [0, 0.05) is 11.6 Å². The van der Waals surface area contributed by atoms with Crippen molar-refractivity contribution in [3.05, 3.63) is 33.8 Å². The highest BCUT2D eigenvalue weighted by molar-refractivity contribution is 9.10. The minimum atomic E-state index is -0.508. The molecule has 0 heterocycles. The van der Waals surface area contributed by atoms with E-state index in [1.165, 1.54) is 31.4 Å². The molecule has 2 saturated carbocycles. The first-order chi connectivity index (χ1) is 9.13. The zero-order valence-corrected chi connectivity index (χ0v) is 12.1. The van der Waals surface area contributed by atoms with Crippen LogP contribution in [0.4, 0.5) is 8.78 Å². The van der Waals surface area contributed by atoms with Gasteiger partial charge in [-0.3, -0.25) is 11.3 Å². The Kier molecular flexibility index (Phi) is 3.62. The molecule has 0 saturated heterocycles. The van der Waals surface area contributed by atoms with Crippen LogP contribution in [0, 0.1) is 29.4 Å². The molecule has 2 nitrogen and oxygen atoms in total. The molecular formula is C14H17BrF2N2. The zero-order valence-electron chi connectivity index (χ0n) is 10.5. The summed E-state index contributed by atoms with van der Waals surface area (Å²) in [5.74, 6) is 6.49. The summed E-state index contributed by atoms with van der Waals surface area (Å²) in [6.45, 7) is 0. The number of hydrogen-bond donors (Lipinski definition) is 2. The molecule has 5 heteroatoms.